The van der Waals surface area contributed by atoms with Crippen LogP contribution in [0.1, 0.15) is 50.2 Å². The standard InChI is InChI=1S/C13H18O2/c1-4-9(2)11-6-5-7-12(8-11)10(3)13(14)15/h5-10H,4H2,1-3H3,(H,14,15)/t9-,10-/m0/s1. The molecule has 0 aliphatic heterocycles. The van der Waals surface area contributed by atoms with E-state index in [9.17, 15) is 4.79 Å². The molecule has 0 bridgehead atoms. The molecule has 0 unspecified atom stereocenters. The molecule has 2 heteroatoms. The van der Waals surface area contributed by atoms with Crippen LogP contribution in [-0.2, 0) is 4.79 Å². The smallest absolute Gasteiger partial charge is 0.310 e. The van der Waals surface area contributed by atoms with Gasteiger partial charge in [-0.05, 0) is 30.4 Å². The van der Waals surface area contributed by atoms with Gasteiger partial charge in [0.25, 0.3) is 0 Å². The zero-order valence-electron chi connectivity index (χ0n) is 9.53. The molecule has 0 radical (unpaired) electrons. The van der Waals surface area contributed by atoms with Gasteiger partial charge in [0.15, 0.2) is 0 Å². The van der Waals surface area contributed by atoms with Gasteiger partial charge in [-0.15, -0.1) is 0 Å². The number of carboxylic acid groups (broad SMARTS) is 1. The Morgan fingerprint density at radius 2 is 1.93 bits per heavy atom. The number of carboxylic acids is 1. The van der Waals surface area contributed by atoms with E-state index in [4.69, 9.17) is 5.11 Å². The fourth-order valence-electron chi connectivity index (χ4n) is 1.51. The first-order valence-corrected chi connectivity index (χ1v) is 5.39. The van der Waals surface area contributed by atoms with E-state index in [-0.39, 0.29) is 0 Å². The van der Waals surface area contributed by atoms with Crippen LogP contribution >= 0.6 is 0 Å². The fourth-order valence-corrected chi connectivity index (χ4v) is 1.51. The second-order valence-electron chi connectivity index (χ2n) is 4.04. The molecule has 1 rings (SSSR count). The summed E-state index contributed by atoms with van der Waals surface area (Å²) >= 11 is 0. The summed E-state index contributed by atoms with van der Waals surface area (Å²) in [5.41, 5.74) is 2.11. The number of rotatable bonds is 4. The summed E-state index contributed by atoms with van der Waals surface area (Å²) in [5.74, 6) is -0.698. The van der Waals surface area contributed by atoms with Gasteiger partial charge in [-0.3, -0.25) is 4.79 Å². The summed E-state index contributed by atoms with van der Waals surface area (Å²) in [6.45, 7) is 6.01. The van der Waals surface area contributed by atoms with Gasteiger partial charge in [-0.25, -0.2) is 0 Å². The van der Waals surface area contributed by atoms with E-state index in [1.807, 2.05) is 18.2 Å². The molecule has 15 heavy (non-hydrogen) atoms. The lowest BCUT2D eigenvalue weighted by molar-refractivity contribution is -0.138. The van der Waals surface area contributed by atoms with Crippen LogP contribution in [0.3, 0.4) is 0 Å². The first kappa shape index (κ1) is 11.8. The Bertz CT molecular complexity index is 344. The summed E-state index contributed by atoms with van der Waals surface area (Å²) in [7, 11) is 0. The van der Waals surface area contributed by atoms with Gasteiger partial charge in [-0.1, -0.05) is 38.1 Å². The van der Waals surface area contributed by atoms with E-state index in [1.54, 1.807) is 6.92 Å². The zero-order valence-corrected chi connectivity index (χ0v) is 9.53. The first-order chi connectivity index (χ1) is 7.06. The van der Waals surface area contributed by atoms with Crippen molar-refractivity contribution < 1.29 is 9.90 Å². The lowest BCUT2D eigenvalue weighted by Gasteiger charge is -2.12. The van der Waals surface area contributed by atoms with Crippen molar-refractivity contribution >= 4 is 5.97 Å². The quantitative estimate of drug-likeness (QED) is 0.819. The van der Waals surface area contributed by atoms with Crippen LogP contribution < -0.4 is 0 Å². The van der Waals surface area contributed by atoms with Crippen LogP contribution in [0.15, 0.2) is 24.3 Å². The third-order valence-electron chi connectivity index (χ3n) is 2.96. The monoisotopic (exact) mass is 206 g/mol. The summed E-state index contributed by atoms with van der Waals surface area (Å²) in [6, 6.07) is 7.89. The van der Waals surface area contributed by atoms with Crippen molar-refractivity contribution in [2.45, 2.75) is 39.0 Å². The van der Waals surface area contributed by atoms with E-state index >= 15 is 0 Å². The van der Waals surface area contributed by atoms with Gasteiger partial charge in [-0.2, -0.15) is 0 Å². The van der Waals surface area contributed by atoms with Crippen LogP contribution in [0.4, 0.5) is 0 Å². The van der Waals surface area contributed by atoms with Crippen LogP contribution in [0.25, 0.3) is 0 Å². The highest BCUT2D eigenvalue weighted by Gasteiger charge is 2.14. The van der Waals surface area contributed by atoms with Gasteiger partial charge in [0.05, 0.1) is 5.92 Å². The molecule has 0 aliphatic carbocycles. The molecular weight excluding hydrogens is 188 g/mol. The molecule has 2 atom stereocenters. The molecule has 0 aliphatic rings. The Labute approximate surface area is 90.9 Å². The highest BCUT2D eigenvalue weighted by atomic mass is 16.4. The van der Waals surface area contributed by atoms with Gasteiger partial charge in [0, 0.05) is 0 Å². The number of hydrogen-bond donors (Lipinski definition) is 1. The average Bonchev–Trinajstić information content (AvgIpc) is 2.27. The third kappa shape index (κ3) is 2.82. The topological polar surface area (TPSA) is 37.3 Å². The molecule has 0 heterocycles. The maximum atomic E-state index is 10.9. The molecule has 1 aromatic rings. The number of hydrogen-bond acceptors (Lipinski definition) is 1. The molecule has 1 N–H and O–H groups in total. The molecule has 0 aromatic heterocycles. The van der Waals surface area contributed by atoms with Crippen molar-refractivity contribution in [3.8, 4) is 0 Å². The second kappa shape index (κ2) is 4.96. The van der Waals surface area contributed by atoms with Gasteiger partial charge >= 0.3 is 5.97 Å². The van der Waals surface area contributed by atoms with E-state index in [2.05, 4.69) is 19.9 Å². The highest BCUT2D eigenvalue weighted by molar-refractivity contribution is 5.75. The maximum absolute atomic E-state index is 10.9. The highest BCUT2D eigenvalue weighted by Crippen LogP contribution is 2.23. The fraction of sp³-hybridized carbons (Fsp3) is 0.462. The Kier molecular flexibility index (Phi) is 3.89. The Morgan fingerprint density at radius 1 is 1.33 bits per heavy atom. The van der Waals surface area contributed by atoms with E-state index in [0.717, 1.165) is 12.0 Å². The summed E-state index contributed by atoms with van der Waals surface area (Å²) in [4.78, 5) is 10.9. The van der Waals surface area contributed by atoms with Crippen molar-refractivity contribution in [3.63, 3.8) is 0 Å². The summed E-state index contributed by atoms with van der Waals surface area (Å²) in [5, 5.41) is 8.92. The van der Waals surface area contributed by atoms with Crippen molar-refractivity contribution in [2.24, 2.45) is 0 Å². The molecule has 0 spiro atoms. The molecule has 0 saturated carbocycles. The molecular formula is C13H18O2. The number of aliphatic carboxylic acids is 1. The maximum Gasteiger partial charge on any atom is 0.310 e. The van der Waals surface area contributed by atoms with Crippen molar-refractivity contribution in [2.75, 3.05) is 0 Å². The number of carbonyl (C=O) groups is 1. The average molecular weight is 206 g/mol. The Balaban J connectivity index is 2.97. The third-order valence-corrected chi connectivity index (χ3v) is 2.96. The lowest BCUT2D eigenvalue weighted by atomic mass is 9.93. The predicted molar refractivity (Wildman–Crippen MR) is 61.2 cm³/mol. The molecule has 1 aromatic carbocycles. The second-order valence-corrected chi connectivity index (χ2v) is 4.04. The van der Waals surface area contributed by atoms with E-state index < -0.39 is 11.9 Å². The van der Waals surface area contributed by atoms with Crippen LogP contribution in [0.2, 0.25) is 0 Å². The SMILES string of the molecule is CC[C@H](C)c1cccc([C@H](C)C(=O)O)c1. The van der Waals surface area contributed by atoms with Crippen LogP contribution in [-0.4, -0.2) is 11.1 Å². The minimum Gasteiger partial charge on any atom is -0.481 e. The van der Waals surface area contributed by atoms with E-state index in [1.165, 1.54) is 5.56 Å². The zero-order chi connectivity index (χ0) is 11.4. The summed E-state index contributed by atoms with van der Waals surface area (Å²) < 4.78 is 0. The number of benzene rings is 1. The van der Waals surface area contributed by atoms with Gasteiger partial charge in [0.2, 0.25) is 0 Å². The Morgan fingerprint density at radius 3 is 2.47 bits per heavy atom. The summed E-state index contributed by atoms with van der Waals surface area (Å²) in [6.07, 6.45) is 1.07. The molecule has 0 amide bonds. The molecule has 82 valence electrons. The predicted octanol–water partition coefficient (Wildman–Crippen LogP) is 3.39. The van der Waals surface area contributed by atoms with Gasteiger partial charge in [0.1, 0.15) is 0 Å². The largest absolute Gasteiger partial charge is 0.481 e. The van der Waals surface area contributed by atoms with Crippen LogP contribution in [0.5, 0.6) is 0 Å². The normalized spacial score (nSPS) is 14.6. The Hall–Kier alpha value is -1.31. The first-order valence-electron chi connectivity index (χ1n) is 5.39. The molecule has 0 fully saturated rings. The van der Waals surface area contributed by atoms with E-state index in [0.29, 0.717) is 5.92 Å². The minimum atomic E-state index is -0.767. The van der Waals surface area contributed by atoms with Crippen molar-refractivity contribution in [1.29, 1.82) is 0 Å². The molecule has 0 saturated heterocycles. The lowest BCUT2D eigenvalue weighted by Crippen LogP contribution is -2.07. The van der Waals surface area contributed by atoms with Gasteiger partial charge < -0.3 is 5.11 Å². The van der Waals surface area contributed by atoms with Crippen molar-refractivity contribution in [1.82, 2.24) is 0 Å². The minimum absolute atomic E-state index is 0.422. The van der Waals surface area contributed by atoms with Crippen LogP contribution in [0, 0.1) is 0 Å². The molecule has 2 nitrogen and oxygen atoms in total. The van der Waals surface area contributed by atoms with Crippen molar-refractivity contribution in [3.05, 3.63) is 35.4 Å².